The largest absolute Gasteiger partial charge is 0.464 e. The molecule has 0 radical (unpaired) electrons. The molecule has 0 spiro atoms. The van der Waals surface area contributed by atoms with Crippen molar-refractivity contribution in [3.63, 3.8) is 0 Å². The minimum atomic E-state index is -1.53. The third-order valence-electron chi connectivity index (χ3n) is 3.62. The summed E-state index contributed by atoms with van der Waals surface area (Å²) in [5, 5.41) is 0. The molecule has 0 amide bonds. The number of aliphatic imine (C=N–C) groups is 1. The molecule has 0 fully saturated rings. The number of hydrogen-bond acceptors (Lipinski definition) is 3. The fourth-order valence-corrected chi connectivity index (χ4v) is 2.54. The fraction of sp³-hybridized carbons (Fsp3) is 0.333. The van der Waals surface area contributed by atoms with Crippen molar-refractivity contribution < 1.29 is 13.9 Å². The number of nitrogens with zero attached hydrogens (tertiary/aromatic N) is 1. The number of benzene rings is 2. The van der Waals surface area contributed by atoms with E-state index in [1.165, 1.54) is 13.8 Å². The Kier molecular flexibility index (Phi) is 6.45. The zero-order chi connectivity index (χ0) is 18.3. The summed E-state index contributed by atoms with van der Waals surface area (Å²) in [7, 11) is 0. The van der Waals surface area contributed by atoms with Crippen LogP contribution in [0.1, 0.15) is 38.3 Å². The molecule has 0 heterocycles. The molecule has 2 rings (SSSR count). The lowest BCUT2D eigenvalue weighted by Gasteiger charge is -2.20. The average Bonchev–Trinajstić information content (AvgIpc) is 2.59. The monoisotopic (exact) mass is 341 g/mol. The zero-order valence-electron chi connectivity index (χ0n) is 14.9. The third-order valence-corrected chi connectivity index (χ3v) is 3.62. The summed E-state index contributed by atoms with van der Waals surface area (Å²) in [5.74, 6) is -0.502. The predicted octanol–water partition coefficient (Wildman–Crippen LogP) is 4.59. The van der Waals surface area contributed by atoms with Gasteiger partial charge < -0.3 is 4.74 Å². The maximum Gasteiger partial charge on any atom is 0.330 e. The van der Waals surface area contributed by atoms with E-state index in [9.17, 15) is 9.18 Å². The van der Waals surface area contributed by atoms with Crippen molar-refractivity contribution in [2.75, 3.05) is 6.61 Å². The van der Waals surface area contributed by atoms with E-state index in [1.807, 2.05) is 60.7 Å². The van der Waals surface area contributed by atoms with Gasteiger partial charge in [-0.1, -0.05) is 60.7 Å². The molecule has 2 aromatic carbocycles. The maximum absolute atomic E-state index is 14.2. The Hall–Kier alpha value is -2.49. The van der Waals surface area contributed by atoms with Crippen LogP contribution in [0.5, 0.6) is 0 Å². The number of carbonyl (C=O) groups is 1. The fourth-order valence-electron chi connectivity index (χ4n) is 2.54. The minimum Gasteiger partial charge on any atom is -0.464 e. The second-order valence-electron chi connectivity index (χ2n) is 6.40. The average molecular weight is 341 g/mol. The first-order valence-corrected chi connectivity index (χ1v) is 8.45. The lowest BCUT2D eigenvalue weighted by atomic mass is 9.98. The standard InChI is InChI=1S/C21H24FNO2/c1-4-25-20(24)18(15-21(2,3)22)23-19(16-11-7-5-8-12-16)17-13-9-6-10-14-17/h5-14,18H,4,15H2,1-3H3/t18-/m0/s1. The summed E-state index contributed by atoms with van der Waals surface area (Å²) in [6, 6.07) is 18.3. The molecule has 0 unspecified atom stereocenters. The maximum atomic E-state index is 14.2. The lowest BCUT2D eigenvalue weighted by molar-refractivity contribution is -0.145. The Labute approximate surface area is 148 Å². The van der Waals surface area contributed by atoms with Crippen LogP contribution in [-0.2, 0) is 9.53 Å². The Morgan fingerprint density at radius 2 is 1.52 bits per heavy atom. The van der Waals surface area contributed by atoms with E-state index < -0.39 is 17.7 Å². The highest BCUT2D eigenvalue weighted by atomic mass is 19.1. The highest BCUT2D eigenvalue weighted by Crippen LogP contribution is 2.21. The normalized spacial score (nSPS) is 12.3. The lowest BCUT2D eigenvalue weighted by Crippen LogP contribution is -2.30. The Bertz CT molecular complexity index is 664. The van der Waals surface area contributed by atoms with Crippen molar-refractivity contribution in [2.45, 2.75) is 38.9 Å². The van der Waals surface area contributed by atoms with Crippen LogP contribution >= 0.6 is 0 Å². The molecule has 0 saturated heterocycles. The van der Waals surface area contributed by atoms with E-state index in [4.69, 9.17) is 4.74 Å². The Balaban J connectivity index is 2.50. The van der Waals surface area contributed by atoms with Gasteiger partial charge in [-0.2, -0.15) is 0 Å². The van der Waals surface area contributed by atoms with Crippen molar-refractivity contribution >= 4 is 11.7 Å². The molecule has 4 heteroatoms. The Morgan fingerprint density at radius 1 is 1.04 bits per heavy atom. The number of ether oxygens (including phenoxy) is 1. The zero-order valence-corrected chi connectivity index (χ0v) is 14.9. The number of rotatable bonds is 7. The SMILES string of the molecule is CCOC(=O)[C@H](CC(C)(C)F)N=C(c1ccccc1)c1ccccc1. The first-order chi connectivity index (χ1) is 11.9. The highest BCUT2D eigenvalue weighted by Gasteiger charge is 2.29. The highest BCUT2D eigenvalue weighted by molar-refractivity contribution is 6.13. The van der Waals surface area contributed by atoms with Crippen LogP contribution < -0.4 is 0 Å². The molecule has 0 aliphatic rings. The molecule has 3 nitrogen and oxygen atoms in total. The number of hydrogen-bond donors (Lipinski definition) is 0. The molecule has 25 heavy (non-hydrogen) atoms. The number of carbonyl (C=O) groups excluding carboxylic acids is 1. The molecule has 0 aliphatic heterocycles. The van der Waals surface area contributed by atoms with Gasteiger partial charge in [-0.3, -0.25) is 4.99 Å². The quantitative estimate of drug-likeness (QED) is 0.545. The van der Waals surface area contributed by atoms with E-state index >= 15 is 0 Å². The first-order valence-electron chi connectivity index (χ1n) is 8.45. The number of halogens is 1. The molecule has 0 saturated carbocycles. The molecule has 0 aliphatic carbocycles. The van der Waals surface area contributed by atoms with Crippen molar-refractivity contribution in [2.24, 2.45) is 4.99 Å². The summed E-state index contributed by atoms with van der Waals surface area (Å²) in [6.07, 6.45) is -0.0327. The van der Waals surface area contributed by atoms with Crippen molar-refractivity contribution in [3.05, 3.63) is 71.8 Å². The molecule has 2 aromatic rings. The first kappa shape index (κ1) is 18.8. The van der Waals surface area contributed by atoms with E-state index in [1.54, 1.807) is 6.92 Å². The van der Waals surface area contributed by atoms with E-state index in [0.717, 1.165) is 11.1 Å². The van der Waals surface area contributed by atoms with Crippen LogP contribution in [0.3, 0.4) is 0 Å². The van der Waals surface area contributed by atoms with Crippen LogP contribution in [0.2, 0.25) is 0 Å². The molecule has 1 atom stereocenters. The molecule has 0 N–H and O–H groups in total. The van der Waals surface area contributed by atoms with Crippen LogP contribution in [0.15, 0.2) is 65.7 Å². The summed E-state index contributed by atoms with van der Waals surface area (Å²) >= 11 is 0. The van der Waals surface area contributed by atoms with E-state index in [0.29, 0.717) is 5.71 Å². The van der Waals surface area contributed by atoms with Crippen LogP contribution in [-0.4, -0.2) is 30.0 Å². The van der Waals surface area contributed by atoms with Crippen molar-refractivity contribution in [1.82, 2.24) is 0 Å². The van der Waals surface area contributed by atoms with Crippen LogP contribution in [0.25, 0.3) is 0 Å². The van der Waals surface area contributed by atoms with Gasteiger partial charge in [0.15, 0.2) is 6.04 Å². The van der Waals surface area contributed by atoms with Gasteiger partial charge in [-0.05, 0) is 20.8 Å². The van der Waals surface area contributed by atoms with Gasteiger partial charge in [0.1, 0.15) is 5.67 Å². The minimum absolute atomic E-state index is 0.0327. The smallest absolute Gasteiger partial charge is 0.330 e. The molecule has 0 bridgehead atoms. The van der Waals surface area contributed by atoms with Crippen LogP contribution in [0, 0.1) is 0 Å². The van der Waals surface area contributed by atoms with Gasteiger partial charge in [0, 0.05) is 17.5 Å². The third kappa shape index (κ3) is 5.82. The van der Waals surface area contributed by atoms with Crippen molar-refractivity contribution in [1.29, 1.82) is 0 Å². The van der Waals surface area contributed by atoms with Gasteiger partial charge in [-0.25, -0.2) is 9.18 Å². The van der Waals surface area contributed by atoms with E-state index in [2.05, 4.69) is 4.99 Å². The number of alkyl halides is 1. The summed E-state index contributed by atoms with van der Waals surface area (Å²) in [6.45, 7) is 4.86. The van der Waals surface area contributed by atoms with Gasteiger partial charge in [0.25, 0.3) is 0 Å². The Morgan fingerprint density at radius 3 is 1.92 bits per heavy atom. The van der Waals surface area contributed by atoms with Gasteiger partial charge in [0.05, 0.1) is 12.3 Å². The second-order valence-corrected chi connectivity index (χ2v) is 6.40. The summed E-state index contributed by atoms with van der Waals surface area (Å²) in [4.78, 5) is 16.9. The number of esters is 1. The van der Waals surface area contributed by atoms with Gasteiger partial charge in [-0.15, -0.1) is 0 Å². The van der Waals surface area contributed by atoms with Crippen LogP contribution in [0.4, 0.5) is 4.39 Å². The molecule has 132 valence electrons. The molecular formula is C21H24FNO2. The topological polar surface area (TPSA) is 38.7 Å². The summed E-state index contributed by atoms with van der Waals surface area (Å²) in [5.41, 5.74) is 0.877. The van der Waals surface area contributed by atoms with E-state index in [-0.39, 0.29) is 13.0 Å². The second kappa shape index (κ2) is 8.56. The predicted molar refractivity (Wildman–Crippen MR) is 98.7 cm³/mol. The molecule has 0 aromatic heterocycles. The molecular weight excluding hydrogens is 317 g/mol. The van der Waals surface area contributed by atoms with Gasteiger partial charge in [0.2, 0.25) is 0 Å². The summed E-state index contributed by atoms with van der Waals surface area (Å²) < 4.78 is 19.3. The van der Waals surface area contributed by atoms with Crippen molar-refractivity contribution in [3.8, 4) is 0 Å². The van der Waals surface area contributed by atoms with Gasteiger partial charge >= 0.3 is 5.97 Å².